The second kappa shape index (κ2) is 6.95. The summed E-state index contributed by atoms with van der Waals surface area (Å²) in [6.07, 6.45) is 0.882. The monoisotopic (exact) mass is 325 g/mol. The van der Waals surface area contributed by atoms with Crippen LogP contribution in [0.15, 0.2) is 28.2 Å². The van der Waals surface area contributed by atoms with Crippen LogP contribution in [0.4, 0.5) is 0 Å². The number of nitrogens with one attached hydrogen (secondary N) is 2. The minimum atomic E-state index is -0.337. The molecule has 1 aromatic heterocycles. The van der Waals surface area contributed by atoms with Crippen LogP contribution >= 0.6 is 23.4 Å². The molecule has 1 atom stereocenters. The predicted octanol–water partition coefficient (Wildman–Crippen LogP) is 2.58. The maximum atomic E-state index is 12.0. The Kier molecular flexibility index (Phi) is 5.25. The van der Waals surface area contributed by atoms with Gasteiger partial charge in [0.25, 0.3) is 5.56 Å². The van der Waals surface area contributed by atoms with E-state index in [2.05, 4.69) is 15.3 Å². The number of nitrogens with zero attached hydrogens (tertiary/aromatic N) is 1. The molecule has 0 bridgehead atoms. The van der Waals surface area contributed by atoms with Crippen LogP contribution < -0.4 is 10.9 Å². The number of halogens is 1. The molecule has 0 radical (unpaired) electrons. The van der Waals surface area contributed by atoms with Crippen LogP contribution in [-0.4, -0.2) is 27.7 Å². The molecule has 1 heterocycles. The summed E-state index contributed by atoms with van der Waals surface area (Å²) < 4.78 is 0. The molecule has 0 unspecified atom stereocenters. The summed E-state index contributed by atoms with van der Waals surface area (Å²) in [5.41, 5.74) is 0.287. The van der Waals surface area contributed by atoms with Gasteiger partial charge < -0.3 is 10.3 Å². The summed E-state index contributed by atoms with van der Waals surface area (Å²) in [5.74, 6) is -0.0734. The molecule has 0 aliphatic rings. The van der Waals surface area contributed by atoms with Crippen LogP contribution in [0.5, 0.6) is 0 Å². The third kappa shape index (κ3) is 3.98. The third-order valence-corrected chi connectivity index (χ3v) is 4.07. The van der Waals surface area contributed by atoms with Crippen molar-refractivity contribution in [3.8, 4) is 0 Å². The molecule has 0 fully saturated rings. The number of hydrogen-bond acceptors (Lipinski definition) is 4. The first-order chi connectivity index (χ1) is 10.0. The van der Waals surface area contributed by atoms with Crippen LogP contribution in [0.25, 0.3) is 10.9 Å². The summed E-state index contributed by atoms with van der Waals surface area (Å²) in [6.45, 7) is 4.41. The molecule has 2 rings (SSSR count). The molecule has 0 spiro atoms. The maximum Gasteiger partial charge on any atom is 0.259 e. The molecule has 0 saturated heterocycles. The molecule has 2 N–H and O–H groups in total. The zero-order valence-electron chi connectivity index (χ0n) is 11.8. The van der Waals surface area contributed by atoms with E-state index in [-0.39, 0.29) is 16.7 Å². The summed E-state index contributed by atoms with van der Waals surface area (Å²) >= 11 is 7.13. The Hall–Kier alpha value is -1.53. The molecule has 21 heavy (non-hydrogen) atoms. The van der Waals surface area contributed by atoms with Gasteiger partial charge in [0.2, 0.25) is 5.91 Å². The number of H-pyrrole nitrogens is 1. The number of fused-ring (bicyclic) bond motifs is 1. The fourth-order valence-corrected chi connectivity index (χ4v) is 2.75. The number of aromatic nitrogens is 2. The summed E-state index contributed by atoms with van der Waals surface area (Å²) in [5, 5.41) is 3.88. The minimum absolute atomic E-state index is 0.0734. The van der Waals surface area contributed by atoms with Crippen molar-refractivity contribution in [2.75, 3.05) is 6.54 Å². The van der Waals surface area contributed by atoms with E-state index in [0.717, 1.165) is 6.42 Å². The Morgan fingerprint density at radius 3 is 3.00 bits per heavy atom. The Morgan fingerprint density at radius 1 is 1.52 bits per heavy atom. The first-order valence-electron chi connectivity index (χ1n) is 6.65. The topological polar surface area (TPSA) is 74.8 Å². The zero-order chi connectivity index (χ0) is 15.4. The van der Waals surface area contributed by atoms with Crippen LogP contribution in [0, 0.1) is 0 Å². The van der Waals surface area contributed by atoms with Crippen molar-refractivity contribution < 1.29 is 4.79 Å². The normalized spacial score (nSPS) is 12.3. The van der Waals surface area contributed by atoms with Gasteiger partial charge in [0, 0.05) is 11.6 Å². The number of carbonyl (C=O) groups is 1. The predicted molar refractivity (Wildman–Crippen MR) is 86.0 cm³/mol. The van der Waals surface area contributed by atoms with Gasteiger partial charge in [-0.05, 0) is 31.5 Å². The highest BCUT2D eigenvalue weighted by Crippen LogP contribution is 2.21. The Morgan fingerprint density at radius 2 is 2.29 bits per heavy atom. The summed E-state index contributed by atoms with van der Waals surface area (Å²) in [7, 11) is 0. The smallest absolute Gasteiger partial charge is 0.259 e. The Balaban J connectivity index is 2.22. The Bertz CT molecular complexity index is 717. The molecule has 112 valence electrons. The molecule has 1 aromatic carbocycles. The quantitative estimate of drug-likeness (QED) is 0.654. The average molecular weight is 326 g/mol. The molecular weight excluding hydrogens is 310 g/mol. The average Bonchev–Trinajstić information content (AvgIpc) is 2.44. The van der Waals surface area contributed by atoms with Crippen molar-refractivity contribution in [1.82, 2.24) is 15.3 Å². The second-order valence-electron chi connectivity index (χ2n) is 4.58. The summed E-state index contributed by atoms with van der Waals surface area (Å²) in [6, 6.07) is 4.92. The van der Waals surface area contributed by atoms with Crippen LogP contribution in [0.1, 0.15) is 20.3 Å². The van der Waals surface area contributed by atoms with Crippen LogP contribution in [0.2, 0.25) is 5.02 Å². The number of amides is 1. The van der Waals surface area contributed by atoms with Gasteiger partial charge in [-0.1, -0.05) is 30.3 Å². The number of carbonyl (C=O) groups excluding carboxylic acids is 1. The van der Waals surface area contributed by atoms with Gasteiger partial charge in [-0.3, -0.25) is 9.59 Å². The first kappa shape index (κ1) is 15.9. The zero-order valence-corrected chi connectivity index (χ0v) is 13.3. The fraction of sp³-hybridized carbons (Fsp3) is 0.357. The highest BCUT2D eigenvalue weighted by Gasteiger charge is 2.15. The van der Waals surface area contributed by atoms with Gasteiger partial charge in [0.05, 0.1) is 16.2 Å². The molecule has 7 heteroatoms. The number of rotatable bonds is 5. The lowest BCUT2D eigenvalue weighted by atomic mass is 10.2. The van der Waals surface area contributed by atoms with E-state index in [0.29, 0.717) is 27.6 Å². The lowest BCUT2D eigenvalue weighted by molar-refractivity contribution is -0.120. The van der Waals surface area contributed by atoms with E-state index >= 15 is 0 Å². The molecule has 0 aliphatic heterocycles. The van der Waals surface area contributed by atoms with Crippen molar-refractivity contribution in [2.24, 2.45) is 0 Å². The second-order valence-corrected chi connectivity index (χ2v) is 6.35. The number of thioether (sulfide) groups is 1. The highest BCUT2D eigenvalue weighted by molar-refractivity contribution is 8.00. The van der Waals surface area contributed by atoms with E-state index in [4.69, 9.17) is 11.6 Å². The standard InChI is InChI=1S/C14H16ClN3O2S/c1-3-6-16-12(19)8(2)21-14-17-11-7-9(15)4-5-10(11)13(20)18-14/h4-5,7-8H,3,6H2,1-2H3,(H,16,19)(H,17,18,20)/t8-/m0/s1. The fourth-order valence-electron chi connectivity index (χ4n) is 1.76. The molecule has 2 aromatic rings. The third-order valence-electron chi connectivity index (χ3n) is 2.85. The van der Waals surface area contributed by atoms with Gasteiger partial charge in [-0.2, -0.15) is 0 Å². The molecule has 0 saturated carbocycles. The number of benzene rings is 1. The maximum absolute atomic E-state index is 12.0. The molecule has 1 amide bonds. The largest absolute Gasteiger partial charge is 0.355 e. The van der Waals surface area contributed by atoms with Crippen molar-refractivity contribution in [2.45, 2.75) is 30.7 Å². The van der Waals surface area contributed by atoms with E-state index in [1.807, 2.05) is 6.92 Å². The van der Waals surface area contributed by atoms with E-state index < -0.39 is 0 Å². The van der Waals surface area contributed by atoms with E-state index in [9.17, 15) is 9.59 Å². The number of aromatic amines is 1. The molecule has 5 nitrogen and oxygen atoms in total. The van der Waals surface area contributed by atoms with Crippen molar-refractivity contribution in [3.05, 3.63) is 33.6 Å². The van der Waals surface area contributed by atoms with Crippen molar-refractivity contribution in [3.63, 3.8) is 0 Å². The van der Waals surface area contributed by atoms with E-state index in [1.54, 1.807) is 25.1 Å². The van der Waals surface area contributed by atoms with Gasteiger partial charge >= 0.3 is 0 Å². The molecule has 0 aliphatic carbocycles. The minimum Gasteiger partial charge on any atom is -0.355 e. The van der Waals surface area contributed by atoms with Crippen LogP contribution in [-0.2, 0) is 4.79 Å². The lowest BCUT2D eigenvalue weighted by Gasteiger charge is -2.11. The van der Waals surface area contributed by atoms with E-state index in [1.165, 1.54) is 11.8 Å². The Labute approximate surface area is 131 Å². The van der Waals surface area contributed by atoms with Crippen LogP contribution in [0.3, 0.4) is 0 Å². The van der Waals surface area contributed by atoms with Gasteiger partial charge in [-0.15, -0.1) is 0 Å². The SMILES string of the molecule is CCCNC(=O)[C@H](C)Sc1nc2cc(Cl)ccc2c(=O)[nH]1. The highest BCUT2D eigenvalue weighted by atomic mass is 35.5. The lowest BCUT2D eigenvalue weighted by Crippen LogP contribution is -2.31. The number of hydrogen-bond donors (Lipinski definition) is 2. The molecular formula is C14H16ClN3O2S. The van der Waals surface area contributed by atoms with Gasteiger partial charge in [0.1, 0.15) is 0 Å². The van der Waals surface area contributed by atoms with Gasteiger partial charge in [-0.25, -0.2) is 4.98 Å². The summed E-state index contributed by atoms with van der Waals surface area (Å²) in [4.78, 5) is 30.8. The first-order valence-corrected chi connectivity index (χ1v) is 7.91. The van der Waals surface area contributed by atoms with Crippen molar-refractivity contribution >= 4 is 40.2 Å². The van der Waals surface area contributed by atoms with Gasteiger partial charge in [0.15, 0.2) is 5.16 Å². The van der Waals surface area contributed by atoms with Crippen molar-refractivity contribution in [1.29, 1.82) is 0 Å².